The van der Waals surface area contributed by atoms with E-state index >= 15 is 0 Å². The molecule has 10 nitrogen and oxygen atoms in total. The average Bonchev–Trinajstić information content (AvgIpc) is 3.40. The van der Waals surface area contributed by atoms with Gasteiger partial charge in [-0.25, -0.2) is 9.18 Å². The summed E-state index contributed by atoms with van der Waals surface area (Å²) in [6.07, 6.45) is 1.03. The van der Waals surface area contributed by atoms with Crippen LogP contribution in [0.4, 0.5) is 9.39 Å². The fraction of sp³-hybridized carbons (Fsp3) is 0.292. The van der Waals surface area contributed by atoms with Crippen LogP contribution in [-0.4, -0.2) is 44.9 Å². The number of aromatic nitrogens is 3. The number of benzene rings is 1. The fourth-order valence-electron chi connectivity index (χ4n) is 3.40. The second-order valence-corrected chi connectivity index (χ2v) is 10.1. The highest BCUT2D eigenvalue weighted by molar-refractivity contribution is 7.99. The lowest BCUT2D eigenvalue weighted by molar-refractivity contribution is -0.113. The van der Waals surface area contributed by atoms with Gasteiger partial charge in [-0.05, 0) is 44.5 Å². The zero-order valence-electron chi connectivity index (χ0n) is 20.7. The van der Waals surface area contributed by atoms with Crippen LogP contribution in [0, 0.1) is 12.7 Å². The molecule has 0 aliphatic heterocycles. The van der Waals surface area contributed by atoms with Crippen molar-refractivity contribution in [1.82, 2.24) is 14.8 Å². The van der Waals surface area contributed by atoms with Crippen LogP contribution in [0.2, 0.25) is 5.02 Å². The van der Waals surface area contributed by atoms with E-state index in [1.54, 1.807) is 31.4 Å². The van der Waals surface area contributed by atoms with Crippen LogP contribution in [0.5, 0.6) is 5.75 Å². The molecule has 1 aromatic carbocycles. The van der Waals surface area contributed by atoms with E-state index in [2.05, 4.69) is 22.1 Å². The molecule has 3 N–H and O–H groups in total. The third-order valence-corrected chi connectivity index (χ3v) is 7.54. The SMILES string of the molecule is C=CCn1c(SCC(=O)Nc2sc(C(N)=O)c(C)c2C(=O)OCC)nnc1C(C)Oc1ccc(F)cc1Cl. The number of nitrogens with zero attached hydrogens (tertiary/aromatic N) is 3. The molecule has 0 aliphatic carbocycles. The van der Waals surface area contributed by atoms with Crippen molar-refractivity contribution in [2.45, 2.75) is 38.6 Å². The number of rotatable bonds is 12. The van der Waals surface area contributed by atoms with Crippen LogP contribution in [0.15, 0.2) is 36.0 Å². The molecule has 0 saturated heterocycles. The molecular weight excluding hydrogens is 557 g/mol. The minimum Gasteiger partial charge on any atom is -0.481 e. The highest BCUT2D eigenvalue weighted by atomic mass is 35.5. The summed E-state index contributed by atoms with van der Waals surface area (Å²) in [5, 5.41) is 11.7. The minimum atomic E-state index is -0.712. The number of hydrogen-bond acceptors (Lipinski definition) is 9. The second-order valence-electron chi connectivity index (χ2n) is 7.76. The largest absolute Gasteiger partial charge is 0.481 e. The number of amides is 2. The van der Waals surface area contributed by atoms with Gasteiger partial charge in [-0.15, -0.1) is 28.1 Å². The Labute approximate surface area is 231 Å². The highest BCUT2D eigenvalue weighted by Gasteiger charge is 2.26. The number of carbonyl (C=O) groups is 3. The van der Waals surface area contributed by atoms with Gasteiger partial charge in [-0.2, -0.15) is 0 Å². The van der Waals surface area contributed by atoms with Gasteiger partial charge in [0.15, 0.2) is 17.1 Å². The van der Waals surface area contributed by atoms with Gasteiger partial charge in [0.1, 0.15) is 16.6 Å². The number of nitrogens with two attached hydrogens (primary N) is 1. The topological polar surface area (TPSA) is 138 Å². The highest BCUT2D eigenvalue weighted by Crippen LogP contribution is 2.34. The first-order valence-corrected chi connectivity index (χ1v) is 13.4. The third kappa shape index (κ3) is 6.71. The molecule has 0 bridgehead atoms. The Morgan fingerprint density at radius 3 is 2.74 bits per heavy atom. The van der Waals surface area contributed by atoms with E-state index in [1.165, 1.54) is 12.1 Å². The monoisotopic (exact) mass is 581 g/mol. The number of anilines is 1. The number of allylic oxidation sites excluding steroid dienone is 1. The molecule has 0 spiro atoms. The Hall–Kier alpha value is -3.42. The standard InChI is InChI=1S/C24H25ClFN5O5S2/c1-5-9-31-21(13(4)36-16-8-7-14(26)10-15(16)25)29-30-24(31)37-11-17(32)28-22-18(23(34)35-6-2)12(3)19(38-22)20(27)33/h5,7-8,10,13H,1,6,9,11H2,2-4H3,(H2,27,33)(H,28,32). The molecule has 1 atom stereocenters. The van der Waals surface area contributed by atoms with Gasteiger partial charge in [0.05, 0.1) is 27.8 Å². The lowest BCUT2D eigenvalue weighted by Gasteiger charge is -2.16. The molecule has 0 radical (unpaired) electrons. The Morgan fingerprint density at radius 1 is 1.37 bits per heavy atom. The van der Waals surface area contributed by atoms with E-state index < -0.39 is 29.7 Å². The number of nitrogens with one attached hydrogen (secondary N) is 1. The van der Waals surface area contributed by atoms with Crippen molar-refractivity contribution in [3.05, 3.63) is 63.5 Å². The molecule has 2 amide bonds. The van der Waals surface area contributed by atoms with Gasteiger partial charge < -0.3 is 20.5 Å². The number of primary amides is 1. The third-order valence-electron chi connectivity index (χ3n) is 5.05. The predicted molar refractivity (Wildman–Crippen MR) is 144 cm³/mol. The van der Waals surface area contributed by atoms with Gasteiger partial charge in [0, 0.05) is 6.54 Å². The molecule has 2 aromatic heterocycles. The summed E-state index contributed by atoms with van der Waals surface area (Å²) in [5.74, 6) is -1.67. The minimum absolute atomic E-state index is 0.0839. The molecule has 14 heteroatoms. The summed E-state index contributed by atoms with van der Waals surface area (Å²) in [6, 6.07) is 3.80. The Kier molecular flexibility index (Phi) is 9.89. The first-order chi connectivity index (χ1) is 18.1. The Balaban J connectivity index is 1.75. The molecule has 0 fully saturated rings. The number of carbonyl (C=O) groups excluding carboxylic acids is 3. The van der Waals surface area contributed by atoms with Gasteiger partial charge in [-0.3, -0.25) is 14.2 Å². The van der Waals surface area contributed by atoms with Gasteiger partial charge >= 0.3 is 5.97 Å². The molecule has 38 heavy (non-hydrogen) atoms. The Bertz CT molecular complexity index is 1380. The number of esters is 1. The summed E-state index contributed by atoms with van der Waals surface area (Å²) in [5.41, 5.74) is 5.85. The van der Waals surface area contributed by atoms with Crippen LogP contribution in [0.25, 0.3) is 0 Å². The van der Waals surface area contributed by atoms with Crippen LogP contribution >= 0.6 is 34.7 Å². The van der Waals surface area contributed by atoms with Crippen molar-refractivity contribution in [2.24, 2.45) is 5.73 Å². The molecule has 3 aromatic rings. The first-order valence-electron chi connectivity index (χ1n) is 11.3. The zero-order valence-corrected chi connectivity index (χ0v) is 23.1. The normalized spacial score (nSPS) is 11.6. The summed E-state index contributed by atoms with van der Waals surface area (Å²) < 4.78 is 26.0. The van der Waals surface area contributed by atoms with Crippen LogP contribution < -0.4 is 15.8 Å². The zero-order chi connectivity index (χ0) is 28.0. The van der Waals surface area contributed by atoms with E-state index in [0.717, 1.165) is 29.2 Å². The maximum atomic E-state index is 13.4. The fourth-order valence-corrected chi connectivity index (χ4v) is 5.43. The molecule has 0 aliphatic rings. The van der Waals surface area contributed by atoms with Crippen molar-refractivity contribution in [3.8, 4) is 5.75 Å². The van der Waals surface area contributed by atoms with E-state index in [-0.39, 0.29) is 38.6 Å². The van der Waals surface area contributed by atoms with Gasteiger partial charge in [0.2, 0.25) is 5.91 Å². The first kappa shape index (κ1) is 29.1. The summed E-state index contributed by atoms with van der Waals surface area (Å²) in [7, 11) is 0. The molecule has 2 heterocycles. The number of thiophene rings is 1. The number of thioether (sulfide) groups is 1. The van der Waals surface area contributed by atoms with Crippen LogP contribution in [0.1, 0.15) is 51.4 Å². The van der Waals surface area contributed by atoms with Crippen molar-refractivity contribution in [1.29, 1.82) is 0 Å². The molecule has 202 valence electrons. The Morgan fingerprint density at radius 2 is 2.11 bits per heavy atom. The van der Waals surface area contributed by atoms with Crippen LogP contribution in [0.3, 0.4) is 0 Å². The summed E-state index contributed by atoms with van der Waals surface area (Å²) in [6.45, 7) is 9.16. The molecule has 0 saturated carbocycles. The lowest BCUT2D eigenvalue weighted by Crippen LogP contribution is -2.17. The number of halogens is 2. The summed E-state index contributed by atoms with van der Waals surface area (Å²) in [4.78, 5) is 37.2. The van der Waals surface area contributed by atoms with Crippen molar-refractivity contribution >= 4 is 57.5 Å². The van der Waals surface area contributed by atoms with E-state index in [0.29, 0.717) is 23.1 Å². The van der Waals surface area contributed by atoms with Crippen LogP contribution in [-0.2, 0) is 16.1 Å². The predicted octanol–water partition coefficient (Wildman–Crippen LogP) is 4.77. The van der Waals surface area contributed by atoms with Gasteiger partial charge in [-0.1, -0.05) is 29.4 Å². The summed E-state index contributed by atoms with van der Waals surface area (Å²) >= 11 is 8.08. The van der Waals surface area contributed by atoms with E-state index in [4.69, 9.17) is 26.8 Å². The second kappa shape index (κ2) is 12.9. The maximum Gasteiger partial charge on any atom is 0.341 e. The molecule has 1 unspecified atom stereocenters. The smallest absolute Gasteiger partial charge is 0.341 e. The number of ether oxygens (including phenoxy) is 2. The van der Waals surface area contributed by atoms with E-state index in [1.807, 2.05) is 0 Å². The number of hydrogen-bond donors (Lipinski definition) is 2. The lowest BCUT2D eigenvalue weighted by atomic mass is 10.1. The van der Waals surface area contributed by atoms with Gasteiger partial charge in [0.25, 0.3) is 5.91 Å². The maximum absolute atomic E-state index is 13.4. The molecule has 3 rings (SSSR count). The quantitative estimate of drug-likeness (QED) is 0.177. The molecular formula is C24H25ClFN5O5S2. The van der Waals surface area contributed by atoms with Crippen molar-refractivity contribution < 1.29 is 28.2 Å². The van der Waals surface area contributed by atoms with Crippen molar-refractivity contribution in [3.63, 3.8) is 0 Å². The van der Waals surface area contributed by atoms with Crippen molar-refractivity contribution in [2.75, 3.05) is 17.7 Å². The average molecular weight is 582 g/mol. The van der Waals surface area contributed by atoms with E-state index in [9.17, 15) is 18.8 Å².